The summed E-state index contributed by atoms with van der Waals surface area (Å²) in [4.78, 5) is 30.8. The van der Waals surface area contributed by atoms with Crippen molar-refractivity contribution in [3.63, 3.8) is 0 Å². The third kappa shape index (κ3) is 4.55. The zero-order valence-electron chi connectivity index (χ0n) is 19.4. The minimum atomic E-state index is -0.466. The van der Waals surface area contributed by atoms with Crippen LogP contribution in [0.4, 0.5) is 8.78 Å². The highest BCUT2D eigenvalue weighted by Gasteiger charge is 2.19. The normalized spacial score (nSPS) is 11.2. The molecular formula is C27H22F2N4O3. The van der Waals surface area contributed by atoms with Gasteiger partial charge in [0.1, 0.15) is 35.0 Å². The van der Waals surface area contributed by atoms with Crippen molar-refractivity contribution in [2.24, 2.45) is 0 Å². The standard InChI is InChI=1S/C27H22F2N4O3/c1-36-21-9-4-18(5-10-21)14-32-16-31-25-22-12-20(29)8-11-23(22)33(26(25)27(32)35)15-24(34)30-13-17-2-6-19(28)7-3-17/h2-12,16H,13-15H2,1H3,(H,30,34). The lowest BCUT2D eigenvalue weighted by atomic mass is 10.2. The van der Waals surface area contributed by atoms with Gasteiger partial charge in [-0.15, -0.1) is 0 Å². The zero-order chi connectivity index (χ0) is 25.2. The van der Waals surface area contributed by atoms with E-state index in [-0.39, 0.29) is 42.4 Å². The summed E-state index contributed by atoms with van der Waals surface area (Å²) in [5, 5.41) is 3.23. The molecular weight excluding hydrogens is 466 g/mol. The zero-order valence-corrected chi connectivity index (χ0v) is 19.4. The molecule has 0 saturated heterocycles. The number of fused-ring (bicyclic) bond motifs is 3. The third-order valence-corrected chi connectivity index (χ3v) is 6.01. The van der Waals surface area contributed by atoms with Crippen molar-refractivity contribution < 1.29 is 18.3 Å². The highest BCUT2D eigenvalue weighted by molar-refractivity contribution is 6.06. The first kappa shape index (κ1) is 23.2. The van der Waals surface area contributed by atoms with Gasteiger partial charge < -0.3 is 14.6 Å². The quantitative estimate of drug-likeness (QED) is 0.376. The van der Waals surface area contributed by atoms with E-state index in [0.717, 1.165) is 11.1 Å². The first-order valence-electron chi connectivity index (χ1n) is 11.2. The van der Waals surface area contributed by atoms with E-state index in [9.17, 15) is 18.4 Å². The van der Waals surface area contributed by atoms with E-state index in [1.54, 1.807) is 35.9 Å². The highest BCUT2D eigenvalue weighted by atomic mass is 19.1. The molecule has 0 bridgehead atoms. The first-order valence-corrected chi connectivity index (χ1v) is 11.2. The Balaban J connectivity index is 1.51. The van der Waals surface area contributed by atoms with Gasteiger partial charge in [0.15, 0.2) is 0 Å². The molecule has 9 heteroatoms. The minimum Gasteiger partial charge on any atom is -0.497 e. The maximum absolute atomic E-state index is 14.1. The predicted octanol–water partition coefficient (Wildman–Crippen LogP) is 4.00. The lowest BCUT2D eigenvalue weighted by Gasteiger charge is -2.10. The van der Waals surface area contributed by atoms with Crippen molar-refractivity contribution >= 4 is 27.8 Å². The highest BCUT2D eigenvalue weighted by Crippen LogP contribution is 2.26. The number of carbonyl (C=O) groups excluding carboxylic acids is 1. The number of carbonyl (C=O) groups is 1. The van der Waals surface area contributed by atoms with Crippen LogP contribution in [0.2, 0.25) is 0 Å². The Bertz CT molecular complexity index is 1620. The number of nitrogens with zero attached hydrogens (tertiary/aromatic N) is 3. The van der Waals surface area contributed by atoms with Gasteiger partial charge in [-0.3, -0.25) is 14.2 Å². The Morgan fingerprint density at radius 1 is 0.972 bits per heavy atom. The van der Waals surface area contributed by atoms with E-state index < -0.39 is 5.82 Å². The molecule has 0 atom stereocenters. The molecule has 0 aliphatic heterocycles. The molecule has 0 unspecified atom stereocenters. The molecule has 5 aromatic rings. The van der Waals surface area contributed by atoms with Gasteiger partial charge in [-0.2, -0.15) is 0 Å². The number of hydrogen-bond donors (Lipinski definition) is 1. The molecule has 3 aromatic carbocycles. The average Bonchev–Trinajstić information content (AvgIpc) is 3.18. The Morgan fingerprint density at radius 2 is 1.67 bits per heavy atom. The second-order valence-electron chi connectivity index (χ2n) is 8.37. The van der Waals surface area contributed by atoms with Crippen LogP contribution < -0.4 is 15.6 Å². The fourth-order valence-electron chi connectivity index (χ4n) is 4.18. The fourth-order valence-corrected chi connectivity index (χ4v) is 4.18. The van der Waals surface area contributed by atoms with Crippen molar-refractivity contribution in [2.45, 2.75) is 19.6 Å². The summed E-state index contributed by atoms with van der Waals surface area (Å²) in [6.07, 6.45) is 1.43. The van der Waals surface area contributed by atoms with Crippen LogP contribution in [0.3, 0.4) is 0 Å². The monoisotopic (exact) mass is 488 g/mol. The lowest BCUT2D eigenvalue weighted by molar-refractivity contribution is -0.121. The van der Waals surface area contributed by atoms with Crippen LogP contribution in [0.1, 0.15) is 11.1 Å². The average molecular weight is 488 g/mol. The molecule has 36 heavy (non-hydrogen) atoms. The van der Waals surface area contributed by atoms with Gasteiger partial charge in [0, 0.05) is 11.9 Å². The summed E-state index contributed by atoms with van der Waals surface area (Å²) in [5.41, 5.74) is 2.31. The summed E-state index contributed by atoms with van der Waals surface area (Å²) in [7, 11) is 1.58. The Labute approximate surface area is 204 Å². The molecule has 1 N–H and O–H groups in total. The van der Waals surface area contributed by atoms with Crippen LogP contribution in [0.25, 0.3) is 21.9 Å². The topological polar surface area (TPSA) is 78.2 Å². The summed E-state index contributed by atoms with van der Waals surface area (Å²) >= 11 is 0. The molecule has 2 heterocycles. The number of hydrogen-bond acceptors (Lipinski definition) is 4. The van der Waals surface area contributed by atoms with Crippen molar-refractivity contribution in [1.82, 2.24) is 19.4 Å². The Kier molecular flexibility index (Phi) is 6.20. The predicted molar refractivity (Wildman–Crippen MR) is 132 cm³/mol. The van der Waals surface area contributed by atoms with E-state index in [4.69, 9.17) is 4.74 Å². The molecule has 2 aromatic heterocycles. The number of aromatic nitrogens is 3. The maximum Gasteiger partial charge on any atom is 0.278 e. The van der Waals surface area contributed by atoms with E-state index in [2.05, 4.69) is 10.3 Å². The van der Waals surface area contributed by atoms with Crippen molar-refractivity contribution in [2.75, 3.05) is 7.11 Å². The number of nitrogens with one attached hydrogen (secondary N) is 1. The molecule has 0 saturated carbocycles. The van der Waals surface area contributed by atoms with Crippen molar-refractivity contribution in [3.05, 3.63) is 106 Å². The minimum absolute atomic E-state index is 0.170. The second kappa shape index (κ2) is 9.61. The van der Waals surface area contributed by atoms with Crippen LogP contribution in [0.5, 0.6) is 5.75 Å². The molecule has 0 radical (unpaired) electrons. The molecule has 1 amide bonds. The largest absolute Gasteiger partial charge is 0.497 e. The molecule has 5 rings (SSSR count). The van der Waals surface area contributed by atoms with Gasteiger partial charge in [-0.05, 0) is 53.6 Å². The lowest BCUT2D eigenvalue weighted by Crippen LogP contribution is -2.29. The second-order valence-corrected chi connectivity index (χ2v) is 8.37. The summed E-state index contributed by atoms with van der Waals surface area (Å²) < 4.78 is 35.4. The molecule has 0 fully saturated rings. The number of benzene rings is 3. The van der Waals surface area contributed by atoms with Crippen molar-refractivity contribution in [1.29, 1.82) is 0 Å². The van der Waals surface area contributed by atoms with Crippen LogP contribution in [0, 0.1) is 11.6 Å². The molecule has 182 valence electrons. The maximum atomic E-state index is 14.1. The number of halogens is 2. The summed E-state index contributed by atoms with van der Waals surface area (Å²) in [6.45, 7) is 0.291. The Hall–Kier alpha value is -4.53. The smallest absolute Gasteiger partial charge is 0.278 e. The number of amides is 1. The number of rotatable bonds is 7. The van der Waals surface area contributed by atoms with E-state index in [1.165, 1.54) is 41.2 Å². The Morgan fingerprint density at radius 3 is 2.39 bits per heavy atom. The molecule has 0 aliphatic rings. The number of methoxy groups -OCH3 is 1. The molecule has 7 nitrogen and oxygen atoms in total. The van der Waals surface area contributed by atoms with Gasteiger partial charge in [-0.25, -0.2) is 13.8 Å². The molecule has 0 aliphatic carbocycles. The van der Waals surface area contributed by atoms with Crippen LogP contribution in [-0.4, -0.2) is 27.1 Å². The van der Waals surface area contributed by atoms with Crippen molar-refractivity contribution in [3.8, 4) is 5.75 Å². The van der Waals surface area contributed by atoms with E-state index in [1.807, 2.05) is 12.1 Å². The first-order chi connectivity index (χ1) is 17.4. The van der Waals surface area contributed by atoms with Gasteiger partial charge in [0.25, 0.3) is 5.56 Å². The van der Waals surface area contributed by atoms with E-state index >= 15 is 0 Å². The van der Waals surface area contributed by atoms with Crippen LogP contribution in [0.15, 0.2) is 77.9 Å². The van der Waals surface area contributed by atoms with Crippen LogP contribution in [-0.2, 0) is 24.4 Å². The number of ether oxygens (including phenoxy) is 1. The SMILES string of the molecule is COc1ccc(Cn2cnc3c4cc(F)ccc4n(CC(=O)NCc4ccc(F)cc4)c3c2=O)cc1. The summed E-state index contributed by atoms with van der Waals surface area (Å²) in [5.74, 6) is -0.478. The molecule has 0 spiro atoms. The van der Waals surface area contributed by atoms with Crippen LogP contribution >= 0.6 is 0 Å². The van der Waals surface area contributed by atoms with Gasteiger partial charge in [0.2, 0.25) is 5.91 Å². The van der Waals surface area contributed by atoms with E-state index in [0.29, 0.717) is 22.2 Å². The van der Waals surface area contributed by atoms with Gasteiger partial charge >= 0.3 is 0 Å². The van der Waals surface area contributed by atoms with Gasteiger partial charge in [0.05, 0.1) is 25.5 Å². The van der Waals surface area contributed by atoms with Gasteiger partial charge in [-0.1, -0.05) is 24.3 Å². The fraction of sp³-hybridized carbons (Fsp3) is 0.148. The third-order valence-electron chi connectivity index (χ3n) is 6.01. The summed E-state index contributed by atoms with van der Waals surface area (Å²) in [6, 6.07) is 17.2.